The Labute approximate surface area is 155 Å². The third-order valence-electron chi connectivity index (χ3n) is 4.89. The van der Waals surface area contributed by atoms with Crippen LogP contribution < -0.4 is 10.2 Å². The number of aliphatic hydroxyl groups is 1. The molecule has 27 heavy (non-hydrogen) atoms. The van der Waals surface area contributed by atoms with Crippen LogP contribution in [0.25, 0.3) is 11.0 Å². The van der Waals surface area contributed by atoms with Crippen LogP contribution in [0.1, 0.15) is 33.3 Å². The Kier molecular flexibility index (Phi) is 4.20. The standard InChI is InChI=1S/C21H19NO5/c1-12-3-8-16-15(11-12)19(24)17-18(13-4-6-14(26-2)7-5-13)22(9-10-23)21(25)20(17)27-16/h3-8,11,18,23H,9-10H2,1-2H3/t18-/m1/s1. The number of ether oxygens (including phenoxy) is 1. The Balaban J connectivity index is 1.97. The highest BCUT2D eigenvalue weighted by molar-refractivity contribution is 5.99. The second-order valence-corrected chi connectivity index (χ2v) is 6.57. The van der Waals surface area contributed by atoms with Gasteiger partial charge in [-0.15, -0.1) is 0 Å². The van der Waals surface area contributed by atoms with Crippen LogP contribution >= 0.6 is 0 Å². The molecule has 1 aliphatic heterocycles. The van der Waals surface area contributed by atoms with Crippen LogP contribution in [0.4, 0.5) is 0 Å². The summed E-state index contributed by atoms with van der Waals surface area (Å²) >= 11 is 0. The number of fused-ring (bicyclic) bond motifs is 2. The minimum atomic E-state index is -0.605. The van der Waals surface area contributed by atoms with Crippen LogP contribution in [0.15, 0.2) is 51.7 Å². The van der Waals surface area contributed by atoms with Crippen molar-refractivity contribution in [2.75, 3.05) is 20.3 Å². The van der Waals surface area contributed by atoms with Gasteiger partial charge in [0.2, 0.25) is 5.76 Å². The number of aliphatic hydroxyl groups excluding tert-OH is 1. The van der Waals surface area contributed by atoms with Crippen molar-refractivity contribution in [3.05, 3.63) is 75.1 Å². The summed E-state index contributed by atoms with van der Waals surface area (Å²) in [7, 11) is 1.57. The van der Waals surface area contributed by atoms with Crippen molar-refractivity contribution in [2.45, 2.75) is 13.0 Å². The molecular formula is C21H19NO5. The molecule has 2 aromatic carbocycles. The van der Waals surface area contributed by atoms with Crippen molar-refractivity contribution < 1.29 is 19.1 Å². The van der Waals surface area contributed by atoms with Gasteiger partial charge in [-0.25, -0.2) is 0 Å². The maximum absolute atomic E-state index is 13.2. The minimum Gasteiger partial charge on any atom is -0.497 e. The molecule has 6 nitrogen and oxygen atoms in total. The van der Waals surface area contributed by atoms with Crippen molar-refractivity contribution in [1.29, 1.82) is 0 Å². The Morgan fingerprint density at radius 1 is 1.15 bits per heavy atom. The van der Waals surface area contributed by atoms with Crippen LogP contribution in [0.2, 0.25) is 0 Å². The van der Waals surface area contributed by atoms with E-state index in [-0.39, 0.29) is 30.2 Å². The molecule has 0 aliphatic carbocycles. The predicted molar refractivity (Wildman–Crippen MR) is 100 cm³/mol. The lowest BCUT2D eigenvalue weighted by Crippen LogP contribution is -2.32. The molecule has 0 fully saturated rings. The molecular weight excluding hydrogens is 346 g/mol. The second kappa shape index (κ2) is 6.55. The molecule has 1 aliphatic rings. The maximum atomic E-state index is 13.2. The van der Waals surface area contributed by atoms with E-state index >= 15 is 0 Å². The molecule has 3 aromatic rings. The normalized spacial score (nSPS) is 16.0. The minimum absolute atomic E-state index is 0.0469. The molecule has 0 bridgehead atoms. The highest BCUT2D eigenvalue weighted by atomic mass is 16.5. The average molecular weight is 365 g/mol. The van der Waals surface area contributed by atoms with E-state index in [0.29, 0.717) is 22.3 Å². The van der Waals surface area contributed by atoms with E-state index in [1.54, 1.807) is 31.4 Å². The van der Waals surface area contributed by atoms with Crippen molar-refractivity contribution >= 4 is 16.9 Å². The molecule has 1 N–H and O–H groups in total. The summed E-state index contributed by atoms with van der Waals surface area (Å²) < 4.78 is 11.0. The number of β-amino-alcohol motifs (C(OH)–C–C–N with tert-alkyl or cyclic N) is 1. The first-order chi connectivity index (χ1) is 13.0. The van der Waals surface area contributed by atoms with Gasteiger partial charge in [-0.05, 0) is 36.8 Å². The van der Waals surface area contributed by atoms with Crippen molar-refractivity contribution in [1.82, 2.24) is 4.90 Å². The average Bonchev–Trinajstić information content (AvgIpc) is 2.95. The first kappa shape index (κ1) is 17.3. The van der Waals surface area contributed by atoms with E-state index in [1.165, 1.54) is 4.90 Å². The monoisotopic (exact) mass is 365 g/mol. The third kappa shape index (κ3) is 2.69. The highest BCUT2D eigenvalue weighted by Crippen LogP contribution is 2.38. The summed E-state index contributed by atoms with van der Waals surface area (Å²) in [4.78, 5) is 27.6. The molecule has 0 unspecified atom stereocenters. The first-order valence-electron chi connectivity index (χ1n) is 8.68. The second-order valence-electron chi connectivity index (χ2n) is 6.57. The number of aryl methyl sites for hydroxylation is 1. The molecule has 0 saturated carbocycles. The molecule has 0 saturated heterocycles. The van der Waals surface area contributed by atoms with E-state index in [4.69, 9.17) is 9.15 Å². The topological polar surface area (TPSA) is 80.0 Å². The molecule has 0 spiro atoms. The van der Waals surface area contributed by atoms with Crippen molar-refractivity contribution in [3.63, 3.8) is 0 Å². The molecule has 1 aromatic heterocycles. The Bertz CT molecular complexity index is 1080. The smallest absolute Gasteiger partial charge is 0.290 e. The van der Waals surface area contributed by atoms with Crippen LogP contribution in [0.3, 0.4) is 0 Å². The lowest BCUT2D eigenvalue weighted by Gasteiger charge is -2.24. The van der Waals surface area contributed by atoms with E-state index < -0.39 is 6.04 Å². The van der Waals surface area contributed by atoms with Gasteiger partial charge in [0.15, 0.2) is 5.43 Å². The maximum Gasteiger partial charge on any atom is 0.290 e. The third-order valence-corrected chi connectivity index (χ3v) is 4.89. The summed E-state index contributed by atoms with van der Waals surface area (Å²) in [6.07, 6.45) is 0. The van der Waals surface area contributed by atoms with E-state index in [9.17, 15) is 14.7 Å². The first-order valence-corrected chi connectivity index (χ1v) is 8.68. The number of hydrogen-bond acceptors (Lipinski definition) is 5. The van der Waals surface area contributed by atoms with Crippen LogP contribution in [0, 0.1) is 6.92 Å². The van der Waals surface area contributed by atoms with Gasteiger partial charge in [0.1, 0.15) is 11.3 Å². The predicted octanol–water partition coefficient (Wildman–Crippen LogP) is 2.65. The van der Waals surface area contributed by atoms with Crippen LogP contribution in [-0.4, -0.2) is 36.2 Å². The zero-order valence-corrected chi connectivity index (χ0v) is 15.1. The quantitative estimate of drug-likeness (QED) is 0.769. The van der Waals surface area contributed by atoms with Crippen LogP contribution in [0.5, 0.6) is 5.75 Å². The van der Waals surface area contributed by atoms with Gasteiger partial charge in [-0.2, -0.15) is 0 Å². The lowest BCUT2D eigenvalue weighted by atomic mass is 9.98. The van der Waals surface area contributed by atoms with Gasteiger partial charge in [0.05, 0.1) is 30.7 Å². The van der Waals surface area contributed by atoms with E-state index in [0.717, 1.165) is 11.1 Å². The molecule has 0 radical (unpaired) electrons. The number of rotatable bonds is 4. The number of nitrogens with zero attached hydrogens (tertiary/aromatic N) is 1. The van der Waals surface area contributed by atoms with Crippen molar-refractivity contribution in [3.8, 4) is 5.75 Å². The van der Waals surface area contributed by atoms with Gasteiger partial charge in [-0.1, -0.05) is 23.8 Å². The number of amides is 1. The Hall–Kier alpha value is -3.12. The highest BCUT2D eigenvalue weighted by Gasteiger charge is 2.42. The Morgan fingerprint density at radius 2 is 1.89 bits per heavy atom. The summed E-state index contributed by atoms with van der Waals surface area (Å²) in [6, 6.07) is 11.9. The lowest BCUT2D eigenvalue weighted by molar-refractivity contribution is 0.0691. The molecule has 2 heterocycles. The molecule has 6 heteroatoms. The van der Waals surface area contributed by atoms with Gasteiger partial charge >= 0.3 is 0 Å². The fourth-order valence-electron chi connectivity index (χ4n) is 3.61. The zero-order valence-electron chi connectivity index (χ0n) is 15.1. The molecule has 1 amide bonds. The fraction of sp³-hybridized carbons (Fsp3) is 0.238. The van der Waals surface area contributed by atoms with Crippen molar-refractivity contribution in [2.24, 2.45) is 0 Å². The fourth-order valence-corrected chi connectivity index (χ4v) is 3.61. The molecule has 4 rings (SSSR count). The number of carbonyl (C=O) groups excluding carboxylic acids is 1. The van der Waals surface area contributed by atoms with E-state index in [1.807, 2.05) is 25.1 Å². The van der Waals surface area contributed by atoms with Crippen LogP contribution in [-0.2, 0) is 0 Å². The summed E-state index contributed by atoms with van der Waals surface area (Å²) in [5, 5.41) is 9.89. The summed E-state index contributed by atoms with van der Waals surface area (Å²) in [5.74, 6) is 0.336. The number of carbonyl (C=O) groups is 1. The van der Waals surface area contributed by atoms with Gasteiger partial charge < -0.3 is 19.2 Å². The van der Waals surface area contributed by atoms with E-state index in [2.05, 4.69) is 0 Å². The zero-order chi connectivity index (χ0) is 19.1. The molecule has 138 valence electrons. The van der Waals surface area contributed by atoms with Gasteiger partial charge in [-0.3, -0.25) is 9.59 Å². The summed E-state index contributed by atoms with van der Waals surface area (Å²) in [5.41, 5.74) is 2.18. The number of methoxy groups -OCH3 is 1. The summed E-state index contributed by atoms with van der Waals surface area (Å²) in [6.45, 7) is 1.80. The van der Waals surface area contributed by atoms with Gasteiger partial charge in [0, 0.05) is 6.54 Å². The number of hydrogen-bond donors (Lipinski definition) is 1. The Morgan fingerprint density at radius 3 is 2.56 bits per heavy atom. The van der Waals surface area contributed by atoms with Gasteiger partial charge in [0.25, 0.3) is 5.91 Å². The largest absolute Gasteiger partial charge is 0.497 e. The number of benzene rings is 2. The SMILES string of the molecule is COc1ccc([C@@H]2c3c(oc4ccc(C)cc4c3=O)C(=O)N2CCO)cc1. The molecule has 1 atom stereocenters.